The smallest absolute Gasteiger partial charge is 0.146 e. The third-order valence-electron chi connectivity index (χ3n) is 2.76. The zero-order valence-corrected chi connectivity index (χ0v) is 9.94. The molecule has 3 heteroatoms. The van der Waals surface area contributed by atoms with Crippen molar-refractivity contribution in [3.63, 3.8) is 0 Å². The number of aryl methyl sites for hydroxylation is 1. The Morgan fingerprint density at radius 1 is 1.06 bits per heavy atom. The van der Waals surface area contributed by atoms with E-state index < -0.39 is 0 Å². The summed E-state index contributed by atoms with van der Waals surface area (Å²) in [4.78, 5) is 1.76. The number of nitrogens with zero attached hydrogens (tertiary/aromatic N) is 1. The summed E-state index contributed by atoms with van der Waals surface area (Å²) >= 11 is 0. The van der Waals surface area contributed by atoms with Gasteiger partial charge in [0.2, 0.25) is 0 Å². The minimum atomic E-state index is -0.254. The Balaban J connectivity index is 2.47. The molecule has 0 fully saturated rings. The van der Waals surface area contributed by atoms with Crippen molar-refractivity contribution in [3.8, 4) is 0 Å². The molecule has 0 atom stereocenters. The second kappa shape index (κ2) is 4.45. The first-order valence-corrected chi connectivity index (χ1v) is 5.44. The Bertz CT molecular complexity index is 537. The van der Waals surface area contributed by atoms with Crippen molar-refractivity contribution in [1.82, 2.24) is 0 Å². The number of nitrogens with two attached hydrogens (primary N) is 1. The molecule has 0 amide bonds. The van der Waals surface area contributed by atoms with Gasteiger partial charge in [-0.25, -0.2) is 4.39 Å². The molecule has 0 heterocycles. The molecule has 0 unspecified atom stereocenters. The van der Waals surface area contributed by atoms with Crippen molar-refractivity contribution >= 4 is 17.1 Å². The highest BCUT2D eigenvalue weighted by atomic mass is 19.1. The SMILES string of the molecule is Cc1ccc(N)c(N(C)c2ccccc2F)c1. The summed E-state index contributed by atoms with van der Waals surface area (Å²) in [6.07, 6.45) is 0. The number of para-hydroxylation sites is 1. The van der Waals surface area contributed by atoms with Gasteiger partial charge in [0.1, 0.15) is 5.82 Å². The van der Waals surface area contributed by atoms with Crippen molar-refractivity contribution in [2.24, 2.45) is 0 Å². The van der Waals surface area contributed by atoms with E-state index in [1.54, 1.807) is 23.1 Å². The van der Waals surface area contributed by atoms with Gasteiger partial charge in [-0.05, 0) is 36.8 Å². The Morgan fingerprint density at radius 3 is 2.47 bits per heavy atom. The van der Waals surface area contributed by atoms with E-state index in [1.807, 2.05) is 32.2 Å². The lowest BCUT2D eigenvalue weighted by Gasteiger charge is -2.22. The van der Waals surface area contributed by atoms with Gasteiger partial charge >= 0.3 is 0 Å². The van der Waals surface area contributed by atoms with Crippen molar-refractivity contribution in [2.45, 2.75) is 6.92 Å². The van der Waals surface area contributed by atoms with Crippen LogP contribution < -0.4 is 10.6 Å². The molecule has 17 heavy (non-hydrogen) atoms. The average Bonchev–Trinajstić information content (AvgIpc) is 2.32. The summed E-state index contributed by atoms with van der Waals surface area (Å²) in [7, 11) is 1.81. The summed E-state index contributed by atoms with van der Waals surface area (Å²) in [5, 5.41) is 0. The molecule has 88 valence electrons. The standard InChI is InChI=1S/C14H15FN2/c1-10-7-8-12(16)14(9-10)17(2)13-6-4-3-5-11(13)15/h3-9H,16H2,1-2H3. The third kappa shape index (κ3) is 2.23. The molecule has 0 bridgehead atoms. The van der Waals surface area contributed by atoms with Gasteiger partial charge in [-0.1, -0.05) is 18.2 Å². The Hall–Kier alpha value is -2.03. The molecule has 0 radical (unpaired) electrons. The van der Waals surface area contributed by atoms with Crippen LogP contribution in [0.15, 0.2) is 42.5 Å². The van der Waals surface area contributed by atoms with Crippen LogP contribution in [0.2, 0.25) is 0 Å². The van der Waals surface area contributed by atoms with Gasteiger partial charge in [-0.3, -0.25) is 0 Å². The summed E-state index contributed by atoms with van der Waals surface area (Å²) in [6, 6.07) is 12.4. The first-order chi connectivity index (χ1) is 8.09. The van der Waals surface area contributed by atoms with Gasteiger partial charge in [-0.2, -0.15) is 0 Å². The molecule has 2 rings (SSSR count). The van der Waals surface area contributed by atoms with Crippen molar-refractivity contribution < 1.29 is 4.39 Å². The van der Waals surface area contributed by atoms with Gasteiger partial charge in [0.15, 0.2) is 0 Å². The lowest BCUT2D eigenvalue weighted by atomic mass is 10.1. The largest absolute Gasteiger partial charge is 0.397 e. The molecule has 0 aliphatic carbocycles. The van der Waals surface area contributed by atoms with E-state index in [4.69, 9.17) is 5.73 Å². The molecule has 0 saturated heterocycles. The van der Waals surface area contributed by atoms with Crippen LogP contribution in [-0.2, 0) is 0 Å². The second-order valence-electron chi connectivity index (χ2n) is 4.07. The second-order valence-corrected chi connectivity index (χ2v) is 4.07. The molecule has 2 N–H and O–H groups in total. The van der Waals surface area contributed by atoms with E-state index in [0.717, 1.165) is 11.3 Å². The highest BCUT2D eigenvalue weighted by Gasteiger charge is 2.11. The summed E-state index contributed by atoms with van der Waals surface area (Å²) in [5.74, 6) is -0.254. The zero-order valence-electron chi connectivity index (χ0n) is 9.94. The first-order valence-electron chi connectivity index (χ1n) is 5.44. The van der Waals surface area contributed by atoms with Crippen LogP contribution in [0.3, 0.4) is 0 Å². The molecule has 0 saturated carbocycles. The normalized spacial score (nSPS) is 10.3. The highest BCUT2D eigenvalue weighted by Crippen LogP contribution is 2.31. The van der Waals surface area contributed by atoms with Gasteiger partial charge in [0.05, 0.1) is 17.1 Å². The molecule has 2 aromatic rings. The van der Waals surface area contributed by atoms with Crippen molar-refractivity contribution in [3.05, 3.63) is 53.8 Å². The van der Waals surface area contributed by atoms with Crippen LogP contribution in [0.1, 0.15) is 5.56 Å². The Morgan fingerprint density at radius 2 is 1.76 bits per heavy atom. The van der Waals surface area contributed by atoms with Crippen LogP contribution in [0.25, 0.3) is 0 Å². The van der Waals surface area contributed by atoms with Gasteiger partial charge in [0, 0.05) is 7.05 Å². The lowest BCUT2D eigenvalue weighted by molar-refractivity contribution is 0.627. The zero-order chi connectivity index (χ0) is 12.4. The molecule has 2 aromatic carbocycles. The van der Waals surface area contributed by atoms with E-state index in [1.165, 1.54) is 6.07 Å². The van der Waals surface area contributed by atoms with Gasteiger partial charge in [-0.15, -0.1) is 0 Å². The summed E-state index contributed by atoms with van der Waals surface area (Å²) < 4.78 is 13.7. The third-order valence-corrected chi connectivity index (χ3v) is 2.76. The van der Waals surface area contributed by atoms with Crippen LogP contribution in [0, 0.1) is 12.7 Å². The monoisotopic (exact) mass is 230 g/mol. The molecular formula is C14H15FN2. The molecule has 2 nitrogen and oxygen atoms in total. The fourth-order valence-corrected chi connectivity index (χ4v) is 1.80. The van der Waals surface area contributed by atoms with Crippen LogP contribution >= 0.6 is 0 Å². The highest BCUT2D eigenvalue weighted by molar-refractivity contribution is 5.75. The predicted molar refractivity (Wildman–Crippen MR) is 70.1 cm³/mol. The molecular weight excluding hydrogens is 215 g/mol. The predicted octanol–water partition coefficient (Wildman–Crippen LogP) is 3.48. The maximum Gasteiger partial charge on any atom is 0.146 e. The minimum absolute atomic E-state index is 0.254. The van der Waals surface area contributed by atoms with Crippen LogP contribution in [0.5, 0.6) is 0 Å². The first kappa shape index (κ1) is 11.5. The fourth-order valence-electron chi connectivity index (χ4n) is 1.80. The number of nitrogen functional groups attached to an aromatic ring is 1. The van der Waals surface area contributed by atoms with E-state index in [9.17, 15) is 4.39 Å². The quantitative estimate of drug-likeness (QED) is 0.800. The lowest BCUT2D eigenvalue weighted by Crippen LogP contribution is -2.13. The van der Waals surface area contributed by atoms with Crippen molar-refractivity contribution in [2.75, 3.05) is 17.7 Å². The average molecular weight is 230 g/mol. The van der Waals surface area contributed by atoms with E-state index in [2.05, 4.69) is 0 Å². The van der Waals surface area contributed by atoms with Crippen LogP contribution in [0.4, 0.5) is 21.5 Å². The number of hydrogen-bond donors (Lipinski definition) is 1. The van der Waals surface area contributed by atoms with Crippen LogP contribution in [-0.4, -0.2) is 7.05 Å². The minimum Gasteiger partial charge on any atom is -0.397 e. The fraction of sp³-hybridized carbons (Fsp3) is 0.143. The van der Waals surface area contributed by atoms with E-state index >= 15 is 0 Å². The van der Waals surface area contributed by atoms with Gasteiger partial charge in [0.25, 0.3) is 0 Å². The Kier molecular flexibility index (Phi) is 3.00. The maximum atomic E-state index is 13.7. The number of hydrogen-bond acceptors (Lipinski definition) is 2. The topological polar surface area (TPSA) is 29.3 Å². The Labute approximate surface area is 100 Å². The van der Waals surface area contributed by atoms with E-state index in [-0.39, 0.29) is 5.82 Å². The maximum absolute atomic E-state index is 13.7. The number of anilines is 3. The molecule has 0 aromatic heterocycles. The van der Waals surface area contributed by atoms with E-state index in [0.29, 0.717) is 11.4 Å². The van der Waals surface area contributed by atoms with Gasteiger partial charge < -0.3 is 10.6 Å². The number of halogens is 1. The number of rotatable bonds is 2. The van der Waals surface area contributed by atoms with Crippen molar-refractivity contribution in [1.29, 1.82) is 0 Å². The molecule has 0 aliphatic rings. The summed E-state index contributed by atoms with van der Waals surface area (Å²) in [6.45, 7) is 1.98. The summed E-state index contributed by atoms with van der Waals surface area (Å²) in [5.41, 5.74) is 8.98. The number of benzene rings is 2. The molecule has 0 spiro atoms. The molecule has 0 aliphatic heterocycles.